The topological polar surface area (TPSA) is 63.6 Å². The Labute approximate surface area is 130 Å². The summed E-state index contributed by atoms with van der Waals surface area (Å²) >= 11 is 3.08. The summed E-state index contributed by atoms with van der Waals surface area (Å²) in [5.41, 5.74) is 1.86. The van der Waals surface area contributed by atoms with Crippen LogP contribution in [0.4, 0.5) is 10.9 Å². The molecule has 106 valence electrons. The molecule has 1 N–H and O–H groups in total. The van der Waals surface area contributed by atoms with Gasteiger partial charge in [0, 0.05) is 18.1 Å². The van der Waals surface area contributed by atoms with Crippen molar-refractivity contribution in [1.29, 1.82) is 0 Å². The van der Waals surface area contributed by atoms with Gasteiger partial charge >= 0.3 is 0 Å². The predicted molar refractivity (Wildman–Crippen MR) is 87.2 cm³/mol. The molecular weight excluding hydrogens is 302 g/mol. The maximum Gasteiger partial charge on any atom is 0.188 e. The van der Waals surface area contributed by atoms with E-state index >= 15 is 0 Å². The Hall–Kier alpha value is -1.99. The molecule has 0 unspecified atom stereocenters. The number of thiazole rings is 1. The summed E-state index contributed by atoms with van der Waals surface area (Å²) in [7, 11) is 0. The number of nitrogens with one attached hydrogen (secondary N) is 1. The molecule has 0 amide bonds. The van der Waals surface area contributed by atoms with E-state index in [0.29, 0.717) is 0 Å². The first-order valence-electron chi connectivity index (χ1n) is 6.28. The quantitative estimate of drug-likeness (QED) is 0.584. The third kappa shape index (κ3) is 3.37. The third-order valence-corrected chi connectivity index (χ3v) is 4.16. The molecule has 0 atom stereocenters. The molecule has 7 heteroatoms. The van der Waals surface area contributed by atoms with E-state index in [9.17, 15) is 0 Å². The van der Waals surface area contributed by atoms with Crippen molar-refractivity contribution in [2.24, 2.45) is 0 Å². The van der Waals surface area contributed by atoms with Crippen molar-refractivity contribution in [3.63, 3.8) is 0 Å². The lowest BCUT2D eigenvalue weighted by atomic mass is 10.3. The van der Waals surface area contributed by atoms with E-state index in [4.69, 9.17) is 0 Å². The SMILES string of the molecule is CSc1nc(C)cc(-c2cnc(Nc3ccccn3)s2)n1. The molecule has 0 bridgehead atoms. The second kappa shape index (κ2) is 6.19. The Morgan fingerprint density at radius 2 is 2.10 bits per heavy atom. The van der Waals surface area contributed by atoms with Gasteiger partial charge in [0.1, 0.15) is 5.82 Å². The molecule has 0 radical (unpaired) electrons. The van der Waals surface area contributed by atoms with Crippen LogP contribution in [0.15, 0.2) is 41.8 Å². The van der Waals surface area contributed by atoms with Gasteiger partial charge < -0.3 is 5.32 Å². The number of pyridine rings is 1. The number of nitrogens with zero attached hydrogens (tertiary/aromatic N) is 4. The molecule has 0 spiro atoms. The van der Waals surface area contributed by atoms with E-state index in [1.54, 1.807) is 17.5 Å². The highest BCUT2D eigenvalue weighted by molar-refractivity contribution is 7.98. The molecule has 0 aliphatic carbocycles. The van der Waals surface area contributed by atoms with Crippen LogP contribution in [-0.2, 0) is 0 Å². The summed E-state index contributed by atoms with van der Waals surface area (Å²) in [4.78, 5) is 18.5. The smallest absolute Gasteiger partial charge is 0.188 e. The molecular formula is C14H13N5S2. The summed E-state index contributed by atoms with van der Waals surface area (Å²) < 4.78 is 0. The summed E-state index contributed by atoms with van der Waals surface area (Å²) in [6, 6.07) is 7.69. The Morgan fingerprint density at radius 3 is 2.86 bits per heavy atom. The van der Waals surface area contributed by atoms with Gasteiger partial charge in [0.05, 0.1) is 10.6 Å². The first kappa shape index (κ1) is 14.0. The first-order valence-corrected chi connectivity index (χ1v) is 8.32. The molecule has 3 heterocycles. The Morgan fingerprint density at radius 1 is 1.19 bits per heavy atom. The summed E-state index contributed by atoms with van der Waals surface area (Å²) in [6.45, 7) is 1.97. The average molecular weight is 315 g/mol. The molecule has 0 aromatic carbocycles. The fourth-order valence-corrected chi connectivity index (χ4v) is 2.96. The van der Waals surface area contributed by atoms with Crippen LogP contribution in [0.25, 0.3) is 10.6 Å². The number of thioether (sulfide) groups is 1. The number of anilines is 2. The Kier molecular flexibility index (Phi) is 4.12. The van der Waals surface area contributed by atoms with Crippen LogP contribution in [0.1, 0.15) is 5.69 Å². The highest BCUT2D eigenvalue weighted by Gasteiger charge is 2.09. The third-order valence-electron chi connectivity index (χ3n) is 2.67. The van der Waals surface area contributed by atoms with E-state index in [1.807, 2.05) is 43.6 Å². The highest BCUT2D eigenvalue weighted by atomic mass is 32.2. The standard InChI is InChI=1S/C14H13N5S2/c1-9-7-10(18-14(17-9)20-2)11-8-16-13(21-11)19-12-5-3-4-6-15-12/h3-8H,1-2H3,(H,15,16,19). The van der Waals surface area contributed by atoms with E-state index in [1.165, 1.54) is 11.8 Å². The molecule has 0 saturated heterocycles. The molecule has 0 fully saturated rings. The highest BCUT2D eigenvalue weighted by Crippen LogP contribution is 2.30. The zero-order valence-corrected chi connectivity index (χ0v) is 13.2. The average Bonchev–Trinajstić information content (AvgIpc) is 2.96. The van der Waals surface area contributed by atoms with Crippen molar-refractivity contribution < 1.29 is 0 Å². The fraction of sp³-hybridized carbons (Fsp3) is 0.143. The molecule has 3 aromatic rings. The first-order chi connectivity index (χ1) is 10.2. The molecule has 3 aromatic heterocycles. The maximum atomic E-state index is 4.52. The van der Waals surface area contributed by atoms with Gasteiger partial charge in [-0.25, -0.2) is 19.9 Å². The molecule has 0 aliphatic rings. The zero-order chi connectivity index (χ0) is 14.7. The van der Waals surface area contributed by atoms with E-state index < -0.39 is 0 Å². The van der Waals surface area contributed by atoms with Gasteiger partial charge in [0.15, 0.2) is 10.3 Å². The second-order valence-electron chi connectivity index (χ2n) is 4.25. The molecule has 0 aliphatic heterocycles. The van der Waals surface area contributed by atoms with Gasteiger partial charge in [-0.3, -0.25) is 0 Å². The second-order valence-corrected chi connectivity index (χ2v) is 6.05. The van der Waals surface area contributed by atoms with Gasteiger partial charge in [-0.1, -0.05) is 29.2 Å². The molecule has 5 nitrogen and oxygen atoms in total. The van der Waals surface area contributed by atoms with Crippen LogP contribution in [0.5, 0.6) is 0 Å². The van der Waals surface area contributed by atoms with Crippen LogP contribution < -0.4 is 5.32 Å². The van der Waals surface area contributed by atoms with Crippen LogP contribution in [0.2, 0.25) is 0 Å². The summed E-state index contributed by atoms with van der Waals surface area (Å²) in [5, 5.41) is 4.76. The van der Waals surface area contributed by atoms with Gasteiger partial charge in [-0.15, -0.1) is 0 Å². The minimum absolute atomic E-state index is 0.776. The molecule has 21 heavy (non-hydrogen) atoms. The number of hydrogen-bond acceptors (Lipinski definition) is 7. The van der Waals surface area contributed by atoms with E-state index in [-0.39, 0.29) is 0 Å². The number of hydrogen-bond donors (Lipinski definition) is 1. The molecule has 0 saturated carbocycles. The van der Waals surface area contributed by atoms with Crippen molar-refractivity contribution in [2.75, 3.05) is 11.6 Å². The predicted octanol–water partition coefficient (Wildman–Crippen LogP) is 3.77. The lowest BCUT2D eigenvalue weighted by Crippen LogP contribution is -1.91. The van der Waals surface area contributed by atoms with Crippen LogP contribution >= 0.6 is 23.1 Å². The summed E-state index contributed by atoms with van der Waals surface area (Å²) in [5.74, 6) is 0.780. The van der Waals surface area contributed by atoms with E-state index in [2.05, 4.69) is 25.3 Å². The van der Waals surface area contributed by atoms with Crippen molar-refractivity contribution in [2.45, 2.75) is 12.1 Å². The van der Waals surface area contributed by atoms with Crippen LogP contribution in [0.3, 0.4) is 0 Å². The maximum absolute atomic E-state index is 4.52. The van der Waals surface area contributed by atoms with Crippen molar-refractivity contribution in [3.8, 4) is 10.6 Å². The van der Waals surface area contributed by atoms with E-state index in [0.717, 1.165) is 32.4 Å². The van der Waals surface area contributed by atoms with Crippen molar-refractivity contribution in [1.82, 2.24) is 19.9 Å². The minimum atomic E-state index is 0.776. The number of aryl methyl sites for hydroxylation is 1. The molecule has 3 rings (SSSR count). The minimum Gasteiger partial charge on any atom is -0.316 e. The monoisotopic (exact) mass is 315 g/mol. The van der Waals surface area contributed by atoms with Gasteiger partial charge in [-0.05, 0) is 31.4 Å². The normalized spacial score (nSPS) is 10.6. The van der Waals surface area contributed by atoms with Crippen LogP contribution in [-0.4, -0.2) is 26.2 Å². The van der Waals surface area contributed by atoms with Crippen molar-refractivity contribution >= 4 is 34.0 Å². The Balaban J connectivity index is 1.86. The summed E-state index contributed by atoms with van der Waals surface area (Å²) in [6.07, 6.45) is 5.54. The lowest BCUT2D eigenvalue weighted by Gasteiger charge is -2.01. The van der Waals surface area contributed by atoms with Crippen molar-refractivity contribution in [3.05, 3.63) is 42.4 Å². The van der Waals surface area contributed by atoms with Crippen LogP contribution in [0, 0.1) is 6.92 Å². The zero-order valence-electron chi connectivity index (χ0n) is 11.6. The number of aromatic nitrogens is 4. The Bertz CT molecular complexity index is 742. The lowest BCUT2D eigenvalue weighted by molar-refractivity contribution is 0.942. The van der Waals surface area contributed by atoms with Gasteiger partial charge in [0.2, 0.25) is 0 Å². The fourth-order valence-electron chi connectivity index (χ4n) is 1.76. The van der Waals surface area contributed by atoms with Gasteiger partial charge in [-0.2, -0.15) is 0 Å². The largest absolute Gasteiger partial charge is 0.316 e. The number of rotatable bonds is 4. The van der Waals surface area contributed by atoms with Gasteiger partial charge in [0.25, 0.3) is 0 Å².